The van der Waals surface area contributed by atoms with Gasteiger partial charge in [0.2, 0.25) is 0 Å². The van der Waals surface area contributed by atoms with Crippen LogP contribution >= 0.6 is 0 Å². The lowest BCUT2D eigenvalue weighted by atomic mass is 9.88. The van der Waals surface area contributed by atoms with Gasteiger partial charge in [0.25, 0.3) is 0 Å². The summed E-state index contributed by atoms with van der Waals surface area (Å²) in [6.45, 7) is 11.2. The Morgan fingerprint density at radius 1 is 1.43 bits per heavy atom. The molecular formula is C12H21NO. The van der Waals surface area contributed by atoms with Gasteiger partial charge in [-0.1, -0.05) is 34.6 Å². The molecule has 0 unspecified atom stereocenters. The van der Waals surface area contributed by atoms with Crippen molar-refractivity contribution in [3.05, 3.63) is 11.8 Å². The van der Waals surface area contributed by atoms with E-state index in [0.29, 0.717) is 5.41 Å². The van der Waals surface area contributed by atoms with Gasteiger partial charge in [-0.05, 0) is 11.8 Å². The molecule has 1 N–H and O–H groups in total. The molecule has 0 bridgehead atoms. The minimum absolute atomic E-state index is 0.206. The van der Waals surface area contributed by atoms with Crippen LogP contribution in [0.15, 0.2) is 11.8 Å². The van der Waals surface area contributed by atoms with Crippen molar-refractivity contribution in [2.24, 2.45) is 10.8 Å². The Balaban J connectivity index is 2.68. The minimum Gasteiger partial charge on any atom is -0.388 e. The fourth-order valence-electron chi connectivity index (χ4n) is 1.47. The zero-order valence-corrected chi connectivity index (χ0v) is 9.90. The largest absolute Gasteiger partial charge is 0.388 e. The number of carbonyl (C=O) groups is 1. The molecule has 14 heavy (non-hydrogen) atoms. The van der Waals surface area contributed by atoms with Crippen LogP contribution in [0.2, 0.25) is 0 Å². The SMILES string of the molecule is CC1(C)CN/C(=C\C(=O)C(C)(C)C)C1. The molecule has 0 atom stereocenters. The van der Waals surface area contributed by atoms with Gasteiger partial charge < -0.3 is 5.32 Å². The van der Waals surface area contributed by atoms with Gasteiger partial charge in [-0.15, -0.1) is 0 Å². The normalized spacial score (nSPS) is 23.6. The average Bonchev–Trinajstić information content (AvgIpc) is 2.28. The van der Waals surface area contributed by atoms with Crippen molar-refractivity contribution in [2.45, 2.75) is 41.0 Å². The number of carbonyl (C=O) groups excluding carboxylic acids is 1. The number of rotatable bonds is 1. The first-order chi connectivity index (χ1) is 6.21. The molecule has 0 aromatic heterocycles. The molecule has 0 amide bonds. The van der Waals surface area contributed by atoms with Crippen molar-refractivity contribution in [1.29, 1.82) is 0 Å². The van der Waals surface area contributed by atoms with Crippen molar-refractivity contribution in [2.75, 3.05) is 6.54 Å². The number of allylic oxidation sites excluding steroid dienone is 2. The third kappa shape index (κ3) is 2.86. The Kier molecular flexibility index (Phi) is 2.75. The maximum absolute atomic E-state index is 11.7. The van der Waals surface area contributed by atoms with Gasteiger partial charge >= 0.3 is 0 Å². The molecule has 1 rings (SSSR count). The third-order valence-corrected chi connectivity index (χ3v) is 2.51. The molecule has 1 saturated heterocycles. The predicted octanol–water partition coefficient (Wildman–Crippen LogP) is 2.51. The highest BCUT2D eigenvalue weighted by Gasteiger charge is 2.28. The molecule has 0 aromatic carbocycles. The summed E-state index contributed by atoms with van der Waals surface area (Å²) in [7, 11) is 0. The van der Waals surface area contributed by atoms with E-state index < -0.39 is 0 Å². The van der Waals surface area contributed by atoms with E-state index >= 15 is 0 Å². The molecule has 2 nitrogen and oxygen atoms in total. The fourth-order valence-corrected chi connectivity index (χ4v) is 1.47. The number of hydrogen-bond acceptors (Lipinski definition) is 2. The van der Waals surface area contributed by atoms with Crippen LogP contribution in [0.3, 0.4) is 0 Å². The summed E-state index contributed by atoms with van der Waals surface area (Å²) < 4.78 is 0. The number of hydrogen-bond donors (Lipinski definition) is 1. The molecule has 0 aromatic rings. The van der Waals surface area contributed by atoms with Crippen LogP contribution in [0.5, 0.6) is 0 Å². The predicted molar refractivity (Wildman–Crippen MR) is 58.9 cm³/mol. The Bertz CT molecular complexity index is 269. The third-order valence-electron chi connectivity index (χ3n) is 2.51. The van der Waals surface area contributed by atoms with E-state index in [4.69, 9.17) is 0 Å². The Morgan fingerprint density at radius 2 is 2.00 bits per heavy atom. The lowest BCUT2D eigenvalue weighted by molar-refractivity contribution is -0.121. The van der Waals surface area contributed by atoms with Crippen molar-refractivity contribution in [1.82, 2.24) is 5.32 Å². The van der Waals surface area contributed by atoms with Gasteiger partial charge in [0.1, 0.15) is 0 Å². The summed E-state index contributed by atoms with van der Waals surface area (Å²) in [6, 6.07) is 0. The van der Waals surface area contributed by atoms with Crippen LogP contribution < -0.4 is 5.32 Å². The second-order valence-electron chi connectivity index (χ2n) is 5.98. The summed E-state index contributed by atoms with van der Waals surface area (Å²) >= 11 is 0. The summed E-state index contributed by atoms with van der Waals surface area (Å²) in [5, 5.41) is 3.29. The van der Waals surface area contributed by atoms with E-state index in [0.717, 1.165) is 18.7 Å². The highest BCUT2D eigenvalue weighted by atomic mass is 16.1. The molecule has 0 saturated carbocycles. The first-order valence-corrected chi connectivity index (χ1v) is 5.20. The summed E-state index contributed by atoms with van der Waals surface area (Å²) in [5.41, 5.74) is 1.13. The summed E-state index contributed by atoms with van der Waals surface area (Å²) in [5.74, 6) is 0.206. The van der Waals surface area contributed by atoms with Gasteiger partial charge in [-0.3, -0.25) is 4.79 Å². The van der Waals surface area contributed by atoms with E-state index in [1.165, 1.54) is 0 Å². The van der Waals surface area contributed by atoms with Gasteiger partial charge in [-0.25, -0.2) is 0 Å². The molecule has 1 fully saturated rings. The Morgan fingerprint density at radius 3 is 2.36 bits per heavy atom. The quantitative estimate of drug-likeness (QED) is 0.651. The monoisotopic (exact) mass is 195 g/mol. The lowest BCUT2D eigenvalue weighted by Gasteiger charge is -2.14. The van der Waals surface area contributed by atoms with Gasteiger partial charge in [-0.2, -0.15) is 0 Å². The minimum atomic E-state index is -0.262. The second kappa shape index (κ2) is 3.41. The number of nitrogens with one attached hydrogen (secondary N) is 1. The molecule has 1 aliphatic heterocycles. The molecule has 1 aliphatic rings. The standard InChI is InChI=1S/C12H21NO/c1-11(2,3)10(14)6-9-7-12(4,5)8-13-9/h6,13H,7-8H2,1-5H3/b9-6-. The van der Waals surface area contributed by atoms with Crippen molar-refractivity contribution >= 4 is 5.78 Å². The first-order valence-electron chi connectivity index (χ1n) is 5.20. The van der Waals surface area contributed by atoms with E-state index in [-0.39, 0.29) is 11.2 Å². The zero-order chi connectivity index (χ0) is 11.0. The smallest absolute Gasteiger partial charge is 0.162 e. The first kappa shape index (κ1) is 11.3. The van der Waals surface area contributed by atoms with E-state index in [1.54, 1.807) is 6.08 Å². The Hall–Kier alpha value is -0.790. The van der Waals surface area contributed by atoms with E-state index in [1.807, 2.05) is 20.8 Å². The van der Waals surface area contributed by atoms with Crippen molar-refractivity contribution in [3.63, 3.8) is 0 Å². The highest BCUT2D eigenvalue weighted by Crippen LogP contribution is 2.30. The van der Waals surface area contributed by atoms with Gasteiger partial charge in [0.05, 0.1) is 0 Å². The van der Waals surface area contributed by atoms with Crippen LogP contribution in [-0.2, 0) is 4.79 Å². The molecule has 0 aliphatic carbocycles. The van der Waals surface area contributed by atoms with Crippen LogP contribution in [0.1, 0.15) is 41.0 Å². The number of ketones is 1. The topological polar surface area (TPSA) is 29.1 Å². The lowest BCUT2D eigenvalue weighted by Crippen LogP contribution is -2.19. The molecular weight excluding hydrogens is 174 g/mol. The van der Waals surface area contributed by atoms with Crippen molar-refractivity contribution in [3.8, 4) is 0 Å². The maximum atomic E-state index is 11.7. The molecule has 80 valence electrons. The van der Waals surface area contributed by atoms with Gasteiger partial charge in [0.15, 0.2) is 5.78 Å². The molecule has 2 heteroatoms. The summed E-state index contributed by atoms with van der Waals surface area (Å²) in [6.07, 6.45) is 2.75. The van der Waals surface area contributed by atoms with Crippen LogP contribution in [0.25, 0.3) is 0 Å². The second-order valence-corrected chi connectivity index (χ2v) is 5.98. The van der Waals surface area contributed by atoms with E-state index in [9.17, 15) is 4.79 Å². The molecule has 1 heterocycles. The van der Waals surface area contributed by atoms with Gasteiger partial charge in [0, 0.05) is 23.7 Å². The van der Waals surface area contributed by atoms with Crippen LogP contribution in [0, 0.1) is 10.8 Å². The van der Waals surface area contributed by atoms with Crippen molar-refractivity contribution < 1.29 is 4.79 Å². The van der Waals surface area contributed by atoms with E-state index in [2.05, 4.69) is 19.2 Å². The molecule has 0 radical (unpaired) electrons. The molecule has 0 spiro atoms. The van der Waals surface area contributed by atoms with Crippen LogP contribution in [-0.4, -0.2) is 12.3 Å². The summed E-state index contributed by atoms with van der Waals surface area (Å²) in [4.78, 5) is 11.7. The van der Waals surface area contributed by atoms with Crippen LogP contribution in [0.4, 0.5) is 0 Å². The average molecular weight is 195 g/mol. The fraction of sp³-hybridized carbons (Fsp3) is 0.750. The zero-order valence-electron chi connectivity index (χ0n) is 9.90. The maximum Gasteiger partial charge on any atom is 0.162 e. The highest BCUT2D eigenvalue weighted by molar-refractivity contribution is 5.94. The Labute approximate surface area is 86.8 Å².